The Morgan fingerprint density at radius 2 is 1.89 bits per heavy atom. The topological polar surface area (TPSA) is 94.7 Å². The van der Waals surface area contributed by atoms with Crippen molar-refractivity contribution >= 4 is 21.9 Å². The Balaban J connectivity index is 1.52. The van der Waals surface area contributed by atoms with Gasteiger partial charge in [-0.1, -0.05) is 0 Å². The van der Waals surface area contributed by atoms with Gasteiger partial charge in [0.25, 0.3) is 0 Å². The Hall–Kier alpha value is -3.96. The maximum Gasteiger partial charge on any atom is 0.202 e. The lowest BCUT2D eigenvalue weighted by Gasteiger charge is -2.17. The number of fused-ring (bicyclic) bond motifs is 1. The number of aromatic nitrogens is 5. The van der Waals surface area contributed by atoms with Gasteiger partial charge in [0, 0.05) is 24.0 Å². The molecule has 3 heterocycles. The van der Waals surface area contributed by atoms with Crippen LogP contribution in [0.25, 0.3) is 33.7 Å². The number of rotatable bonds is 6. The van der Waals surface area contributed by atoms with Gasteiger partial charge in [-0.2, -0.15) is 5.10 Å². The number of pyridine rings is 1. The Morgan fingerprint density at radius 1 is 1.03 bits per heavy atom. The molecular weight excluding hydrogens is 474 g/mol. The second-order valence-electron chi connectivity index (χ2n) is 8.41. The van der Waals surface area contributed by atoms with Gasteiger partial charge in [-0.15, -0.1) is 0 Å². The van der Waals surface area contributed by atoms with Crippen LogP contribution in [0.15, 0.2) is 73.3 Å². The van der Waals surface area contributed by atoms with Crippen molar-refractivity contribution in [3.63, 3.8) is 0 Å². The van der Waals surface area contributed by atoms with Crippen LogP contribution in [0.4, 0.5) is 8.78 Å². The molecule has 0 aliphatic heterocycles. The molecule has 2 aromatic carbocycles. The summed E-state index contributed by atoms with van der Waals surface area (Å²) in [4.78, 5) is 9.24. The Bertz CT molecular complexity index is 1650. The first-order chi connectivity index (χ1) is 16.9. The molecule has 0 unspecified atom stereocenters. The van der Waals surface area contributed by atoms with Crippen LogP contribution in [-0.4, -0.2) is 32.7 Å². The van der Waals surface area contributed by atoms with E-state index in [0.29, 0.717) is 35.4 Å². The quantitative estimate of drug-likeness (QED) is 0.353. The van der Waals surface area contributed by atoms with E-state index in [4.69, 9.17) is 4.98 Å². The molecule has 0 atom stereocenters. The summed E-state index contributed by atoms with van der Waals surface area (Å²) in [5.74, 6) is -0.969. The van der Waals surface area contributed by atoms with E-state index in [9.17, 15) is 17.2 Å². The summed E-state index contributed by atoms with van der Waals surface area (Å²) in [6, 6.07) is 14.2. The van der Waals surface area contributed by atoms with E-state index in [1.807, 2.05) is 30.5 Å². The molecule has 1 fully saturated rings. The van der Waals surface area contributed by atoms with Crippen molar-refractivity contribution in [3.8, 4) is 22.6 Å². The molecule has 1 aliphatic rings. The summed E-state index contributed by atoms with van der Waals surface area (Å²) in [6.07, 6.45) is 6.25. The summed E-state index contributed by atoms with van der Waals surface area (Å²) in [5, 5.41) is 4.24. The van der Waals surface area contributed by atoms with Gasteiger partial charge in [0.2, 0.25) is 10.9 Å². The number of imidazole rings is 1. The number of thiol groups is 1. The number of nitrogens with one attached hydrogen (secondary N) is 1. The lowest BCUT2D eigenvalue weighted by molar-refractivity contribution is 0.564. The minimum Gasteiger partial charge on any atom is -0.283 e. The predicted octanol–water partition coefficient (Wildman–Crippen LogP) is 3.66. The van der Waals surface area contributed by atoms with Crippen molar-refractivity contribution < 1.29 is 17.2 Å². The van der Waals surface area contributed by atoms with Crippen LogP contribution in [0.2, 0.25) is 0 Å². The third kappa shape index (κ3) is 3.88. The molecule has 5 aromatic rings. The fourth-order valence-electron chi connectivity index (χ4n) is 4.24. The Kier molecular flexibility index (Phi) is 4.97. The maximum atomic E-state index is 14.7. The molecule has 0 spiro atoms. The van der Waals surface area contributed by atoms with Gasteiger partial charge in [0.1, 0.15) is 23.8 Å². The van der Waals surface area contributed by atoms with Crippen molar-refractivity contribution in [2.24, 2.45) is 0 Å². The number of hydrogen-bond acceptors (Lipinski definition) is 5. The average molecular weight is 493 g/mol. The summed E-state index contributed by atoms with van der Waals surface area (Å²) in [6.45, 7) is 0. The zero-order valence-electron chi connectivity index (χ0n) is 18.1. The maximum absolute atomic E-state index is 14.7. The molecule has 0 saturated heterocycles. The van der Waals surface area contributed by atoms with Crippen LogP contribution in [0.3, 0.4) is 0 Å². The molecule has 11 heteroatoms. The van der Waals surface area contributed by atoms with Crippen LogP contribution >= 0.6 is 0 Å². The fraction of sp³-hybridized carbons (Fsp3) is 0.125. The molecule has 1 saturated carbocycles. The van der Waals surface area contributed by atoms with E-state index in [1.54, 1.807) is 33.9 Å². The molecule has 8 nitrogen and oxygen atoms in total. The zero-order valence-corrected chi connectivity index (χ0v) is 19.0. The van der Waals surface area contributed by atoms with E-state index >= 15 is 0 Å². The van der Waals surface area contributed by atoms with Gasteiger partial charge < -0.3 is 0 Å². The number of halogens is 2. The highest BCUT2D eigenvalue weighted by molar-refractivity contribution is 7.70. The van der Waals surface area contributed by atoms with Crippen molar-refractivity contribution in [1.29, 1.82) is 0 Å². The molecule has 1 aliphatic carbocycles. The lowest BCUT2D eigenvalue weighted by atomic mass is 10.0. The van der Waals surface area contributed by atoms with Gasteiger partial charge in [-0.25, -0.2) is 36.6 Å². The first-order valence-corrected chi connectivity index (χ1v) is 12.0. The smallest absolute Gasteiger partial charge is 0.202 e. The van der Waals surface area contributed by atoms with Crippen LogP contribution in [0.1, 0.15) is 18.5 Å². The first kappa shape index (κ1) is 21.6. The molecular formula is C24H18F2N6O2S. The third-order valence-corrected chi connectivity index (χ3v) is 6.76. The first-order valence-electron chi connectivity index (χ1n) is 10.8. The van der Waals surface area contributed by atoms with E-state index in [0.717, 1.165) is 17.3 Å². The van der Waals surface area contributed by atoms with E-state index in [-0.39, 0.29) is 5.56 Å². The summed E-state index contributed by atoms with van der Waals surface area (Å²) in [5.41, 5.74) is 2.54. The van der Waals surface area contributed by atoms with Gasteiger partial charge in [-0.05, 0) is 66.9 Å². The molecule has 0 amide bonds. The predicted molar refractivity (Wildman–Crippen MR) is 126 cm³/mol. The van der Waals surface area contributed by atoms with Crippen LogP contribution in [0.5, 0.6) is 0 Å². The SMILES string of the molecule is O=[SH](=O)NC1(c2cc(-c3ccc(F)cc3F)cc(-n3cnc4cc(-n5cccn5)ccc43)n2)CC1. The number of benzene rings is 2. The fourth-order valence-corrected chi connectivity index (χ4v) is 4.92. The molecule has 0 bridgehead atoms. The summed E-state index contributed by atoms with van der Waals surface area (Å²) in [7, 11) is -2.87. The second-order valence-corrected chi connectivity index (χ2v) is 9.15. The monoisotopic (exact) mass is 492 g/mol. The highest BCUT2D eigenvalue weighted by Crippen LogP contribution is 2.46. The van der Waals surface area contributed by atoms with Gasteiger partial charge in [0.05, 0.1) is 28.0 Å². The average Bonchev–Trinajstić information content (AvgIpc) is 3.22. The van der Waals surface area contributed by atoms with Crippen LogP contribution in [-0.2, 0) is 16.4 Å². The second kappa shape index (κ2) is 8.07. The molecule has 35 heavy (non-hydrogen) atoms. The number of hydrogen-bond donors (Lipinski definition) is 2. The van der Waals surface area contributed by atoms with Crippen LogP contribution in [0, 0.1) is 11.6 Å². The normalized spacial score (nSPS) is 14.6. The van der Waals surface area contributed by atoms with E-state index in [1.165, 1.54) is 12.1 Å². The van der Waals surface area contributed by atoms with E-state index < -0.39 is 28.1 Å². The minimum atomic E-state index is -2.87. The standard InChI is InChI=1S/C24H18F2N6O2S/c25-16-2-4-18(19(26)12-16)15-10-22(24(6-7-24)30-35(33)34)29-23(11-15)31-14-27-20-13-17(3-5-21(20)31)32-9-1-8-28-32/h1-5,8-14,35H,6-7H2,(H,30,33,34). The summed E-state index contributed by atoms with van der Waals surface area (Å²) < 4.78 is 57.2. The van der Waals surface area contributed by atoms with Crippen molar-refractivity contribution in [2.75, 3.05) is 0 Å². The molecule has 176 valence electrons. The highest BCUT2D eigenvalue weighted by Gasteiger charge is 2.47. The third-order valence-electron chi connectivity index (χ3n) is 6.15. The van der Waals surface area contributed by atoms with Crippen molar-refractivity contribution in [1.82, 2.24) is 29.0 Å². The van der Waals surface area contributed by atoms with Crippen molar-refractivity contribution in [3.05, 3.63) is 90.6 Å². The largest absolute Gasteiger partial charge is 0.283 e. The van der Waals surface area contributed by atoms with Crippen LogP contribution < -0.4 is 4.72 Å². The Morgan fingerprint density at radius 3 is 2.60 bits per heavy atom. The number of nitrogens with zero attached hydrogens (tertiary/aromatic N) is 5. The van der Waals surface area contributed by atoms with Gasteiger partial charge >= 0.3 is 0 Å². The summed E-state index contributed by atoms with van der Waals surface area (Å²) >= 11 is 0. The van der Waals surface area contributed by atoms with E-state index in [2.05, 4.69) is 14.8 Å². The molecule has 6 rings (SSSR count). The van der Waals surface area contributed by atoms with Gasteiger partial charge in [-0.3, -0.25) is 4.57 Å². The molecule has 1 N–H and O–H groups in total. The minimum absolute atomic E-state index is 0.184. The van der Waals surface area contributed by atoms with Gasteiger partial charge in [0.15, 0.2) is 0 Å². The molecule has 0 radical (unpaired) electrons. The zero-order chi connectivity index (χ0) is 24.2. The van der Waals surface area contributed by atoms with Crippen molar-refractivity contribution in [2.45, 2.75) is 18.4 Å². The lowest BCUT2D eigenvalue weighted by Crippen LogP contribution is -2.28. The Labute approximate surface area is 200 Å². The highest BCUT2D eigenvalue weighted by atomic mass is 32.2. The molecule has 3 aromatic heterocycles.